The van der Waals surface area contributed by atoms with E-state index in [1.54, 1.807) is 32.4 Å². The molecule has 8 heteroatoms. The Balaban J connectivity index is 1.49. The van der Waals surface area contributed by atoms with E-state index in [1.165, 1.54) is 4.90 Å². The maximum absolute atomic E-state index is 12.7. The number of fused-ring (bicyclic) bond motifs is 2. The van der Waals surface area contributed by atoms with E-state index in [0.717, 1.165) is 22.3 Å². The second kappa shape index (κ2) is 7.46. The Morgan fingerprint density at radius 2 is 2.14 bits per heavy atom. The van der Waals surface area contributed by atoms with Gasteiger partial charge in [0.25, 0.3) is 5.91 Å². The Morgan fingerprint density at radius 1 is 1.31 bits per heavy atom. The van der Waals surface area contributed by atoms with Crippen molar-refractivity contribution in [3.05, 3.63) is 48.2 Å². The minimum absolute atomic E-state index is 0.0747. The molecule has 0 saturated carbocycles. The number of anilines is 2. The second-order valence-corrected chi connectivity index (χ2v) is 7.35. The molecular formula is C21H23N5O3. The van der Waals surface area contributed by atoms with Crippen LogP contribution in [-0.4, -0.2) is 60.7 Å². The van der Waals surface area contributed by atoms with Crippen molar-refractivity contribution in [3.8, 4) is 5.75 Å². The molecule has 150 valence electrons. The summed E-state index contributed by atoms with van der Waals surface area (Å²) in [5.74, 6) is 0.528. The first-order valence-corrected chi connectivity index (χ1v) is 9.37. The van der Waals surface area contributed by atoms with Crippen molar-refractivity contribution in [3.63, 3.8) is 0 Å². The van der Waals surface area contributed by atoms with Gasteiger partial charge in [0, 0.05) is 32.1 Å². The quantitative estimate of drug-likeness (QED) is 0.711. The Labute approximate surface area is 168 Å². The van der Waals surface area contributed by atoms with E-state index < -0.39 is 0 Å². The van der Waals surface area contributed by atoms with E-state index in [1.807, 2.05) is 36.2 Å². The molecule has 0 spiro atoms. The minimum Gasteiger partial charge on any atom is -0.489 e. The van der Waals surface area contributed by atoms with Crippen molar-refractivity contribution in [2.45, 2.75) is 12.5 Å². The summed E-state index contributed by atoms with van der Waals surface area (Å²) >= 11 is 0. The van der Waals surface area contributed by atoms with Gasteiger partial charge in [-0.15, -0.1) is 0 Å². The average molecular weight is 393 g/mol. The zero-order valence-electron chi connectivity index (χ0n) is 16.6. The highest BCUT2D eigenvalue weighted by atomic mass is 16.5. The molecule has 3 aromatic rings. The molecule has 4 rings (SSSR count). The number of rotatable bonds is 4. The molecule has 0 saturated heterocycles. The number of carbonyl (C=O) groups is 2. The molecule has 0 fully saturated rings. The molecule has 2 N–H and O–H groups in total. The summed E-state index contributed by atoms with van der Waals surface area (Å²) in [5.41, 5.74) is 2.98. The third-order valence-electron chi connectivity index (χ3n) is 5.15. The Kier molecular flexibility index (Phi) is 4.84. The van der Waals surface area contributed by atoms with Crippen LogP contribution in [0.4, 0.5) is 11.4 Å². The van der Waals surface area contributed by atoms with Crippen LogP contribution in [0, 0.1) is 0 Å². The molecule has 0 unspecified atom stereocenters. The molecule has 2 aromatic carbocycles. The van der Waals surface area contributed by atoms with Gasteiger partial charge in [0.1, 0.15) is 12.4 Å². The number of likely N-dealkylation sites (N-methyl/N-ethyl adjacent to an activating group) is 1. The zero-order valence-corrected chi connectivity index (χ0v) is 16.6. The lowest BCUT2D eigenvalue weighted by Crippen LogP contribution is -2.42. The average Bonchev–Trinajstić information content (AvgIpc) is 3.19. The molecule has 1 aliphatic rings. The highest BCUT2D eigenvalue weighted by molar-refractivity contribution is 6.01. The molecule has 0 radical (unpaired) electrons. The van der Waals surface area contributed by atoms with Gasteiger partial charge in [-0.05, 0) is 30.3 Å². The third kappa shape index (κ3) is 3.61. The van der Waals surface area contributed by atoms with Crippen LogP contribution in [0.15, 0.2) is 42.6 Å². The number of aromatic amines is 1. The number of hydrogen-bond acceptors (Lipinski definition) is 5. The summed E-state index contributed by atoms with van der Waals surface area (Å²) in [4.78, 5) is 28.5. The van der Waals surface area contributed by atoms with E-state index in [9.17, 15) is 9.59 Å². The normalized spacial score (nSPS) is 15.6. The number of hydrogen-bond donors (Lipinski definition) is 2. The van der Waals surface area contributed by atoms with E-state index in [0.29, 0.717) is 17.9 Å². The standard InChI is InChI=1S/C21H23N5O3/c1-25(2)21(28)13-7-8-19-18(9-13)26(3)14(12-29-19)10-20(27)23-16-5-4-6-17-15(16)11-22-24-17/h4-9,11,14H,10,12H2,1-3H3,(H,22,24)(H,23,27)/t14-/m1/s1. The summed E-state index contributed by atoms with van der Waals surface area (Å²) in [6.07, 6.45) is 1.95. The fourth-order valence-corrected chi connectivity index (χ4v) is 3.49. The Bertz CT molecular complexity index is 1080. The molecular weight excluding hydrogens is 370 g/mol. The van der Waals surface area contributed by atoms with Crippen LogP contribution in [0.3, 0.4) is 0 Å². The molecule has 8 nitrogen and oxygen atoms in total. The molecule has 2 heterocycles. The molecule has 1 atom stereocenters. The predicted molar refractivity (Wildman–Crippen MR) is 111 cm³/mol. The van der Waals surface area contributed by atoms with E-state index in [4.69, 9.17) is 4.74 Å². The van der Waals surface area contributed by atoms with E-state index >= 15 is 0 Å². The lowest BCUT2D eigenvalue weighted by Gasteiger charge is -2.35. The highest BCUT2D eigenvalue weighted by Gasteiger charge is 2.28. The topological polar surface area (TPSA) is 90.6 Å². The summed E-state index contributed by atoms with van der Waals surface area (Å²) < 4.78 is 5.85. The van der Waals surface area contributed by atoms with Crippen molar-refractivity contribution >= 4 is 34.1 Å². The van der Waals surface area contributed by atoms with Gasteiger partial charge in [0.05, 0.1) is 35.6 Å². The van der Waals surface area contributed by atoms with Gasteiger partial charge in [0.2, 0.25) is 5.91 Å². The maximum atomic E-state index is 12.7. The first-order valence-electron chi connectivity index (χ1n) is 9.37. The summed E-state index contributed by atoms with van der Waals surface area (Å²) in [6.45, 7) is 0.397. The van der Waals surface area contributed by atoms with Crippen molar-refractivity contribution in [2.24, 2.45) is 0 Å². The van der Waals surface area contributed by atoms with Crippen molar-refractivity contribution < 1.29 is 14.3 Å². The van der Waals surface area contributed by atoms with Crippen molar-refractivity contribution in [1.82, 2.24) is 15.1 Å². The van der Waals surface area contributed by atoms with Crippen LogP contribution < -0.4 is 15.0 Å². The number of nitrogens with one attached hydrogen (secondary N) is 2. The van der Waals surface area contributed by atoms with E-state index in [-0.39, 0.29) is 24.3 Å². The van der Waals surface area contributed by atoms with Gasteiger partial charge >= 0.3 is 0 Å². The Hall–Kier alpha value is -3.55. The van der Waals surface area contributed by atoms with Crippen LogP contribution in [-0.2, 0) is 4.79 Å². The molecule has 1 aromatic heterocycles. The van der Waals surface area contributed by atoms with Gasteiger partial charge in [-0.1, -0.05) is 6.07 Å². The molecule has 0 bridgehead atoms. The first-order chi connectivity index (χ1) is 13.9. The summed E-state index contributed by atoms with van der Waals surface area (Å²) in [5, 5.41) is 10.7. The Morgan fingerprint density at radius 3 is 2.93 bits per heavy atom. The number of amides is 2. The van der Waals surface area contributed by atoms with Crippen molar-refractivity contribution in [1.29, 1.82) is 0 Å². The minimum atomic E-state index is -0.143. The van der Waals surface area contributed by atoms with Gasteiger partial charge in [-0.3, -0.25) is 14.7 Å². The van der Waals surface area contributed by atoms with Crippen LogP contribution in [0.2, 0.25) is 0 Å². The summed E-state index contributed by atoms with van der Waals surface area (Å²) in [6, 6.07) is 10.9. The fourth-order valence-electron chi connectivity index (χ4n) is 3.49. The van der Waals surface area contributed by atoms with Gasteiger partial charge in [0.15, 0.2) is 0 Å². The lowest BCUT2D eigenvalue weighted by atomic mass is 10.1. The van der Waals surface area contributed by atoms with Crippen molar-refractivity contribution in [2.75, 3.05) is 38.0 Å². The smallest absolute Gasteiger partial charge is 0.253 e. The monoisotopic (exact) mass is 393 g/mol. The number of aromatic nitrogens is 2. The molecule has 2 amide bonds. The number of nitrogens with zero attached hydrogens (tertiary/aromatic N) is 3. The zero-order chi connectivity index (χ0) is 20.5. The SMILES string of the molecule is CN(C)C(=O)c1ccc2c(c1)N(C)[C@H](CC(=O)Nc1cccc3[nH]ncc13)CO2. The number of carbonyl (C=O) groups excluding carboxylic acids is 2. The van der Waals surface area contributed by atoms with Crippen LogP contribution in [0.1, 0.15) is 16.8 Å². The second-order valence-electron chi connectivity index (χ2n) is 7.35. The van der Waals surface area contributed by atoms with Gasteiger partial charge in [-0.2, -0.15) is 5.10 Å². The summed E-state index contributed by atoms with van der Waals surface area (Å²) in [7, 11) is 5.35. The maximum Gasteiger partial charge on any atom is 0.253 e. The van der Waals surface area contributed by atoms with Gasteiger partial charge < -0.3 is 19.9 Å². The van der Waals surface area contributed by atoms with Crippen LogP contribution in [0.25, 0.3) is 10.9 Å². The number of H-pyrrole nitrogens is 1. The largest absolute Gasteiger partial charge is 0.489 e. The fraction of sp³-hybridized carbons (Fsp3) is 0.286. The highest BCUT2D eigenvalue weighted by Crippen LogP contribution is 2.35. The first kappa shape index (κ1) is 18.8. The number of benzene rings is 2. The molecule has 1 aliphatic heterocycles. The molecule has 0 aliphatic carbocycles. The third-order valence-corrected chi connectivity index (χ3v) is 5.15. The van der Waals surface area contributed by atoms with Crippen LogP contribution in [0.5, 0.6) is 5.75 Å². The molecule has 29 heavy (non-hydrogen) atoms. The lowest BCUT2D eigenvalue weighted by molar-refractivity contribution is -0.116. The number of ether oxygens (including phenoxy) is 1. The van der Waals surface area contributed by atoms with Gasteiger partial charge in [-0.25, -0.2) is 0 Å². The predicted octanol–water partition coefficient (Wildman–Crippen LogP) is 2.49. The van der Waals surface area contributed by atoms with Crippen LogP contribution >= 0.6 is 0 Å². The van der Waals surface area contributed by atoms with E-state index in [2.05, 4.69) is 15.5 Å².